The van der Waals surface area contributed by atoms with Crippen LogP contribution < -0.4 is 10.1 Å². The van der Waals surface area contributed by atoms with Gasteiger partial charge in [-0.15, -0.1) is 0 Å². The first-order valence-electron chi connectivity index (χ1n) is 11.6. The molecule has 0 saturated heterocycles. The molecule has 2 rings (SSSR count). The van der Waals surface area contributed by atoms with E-state index in [1.165, 1.54) is 7.11 Å². The molecule has 1 aliphatic rings. The van der Waals surface area contributed by atoms with Gasteiger partial charge in [0, 0.05) is 17.7 Å². The van der Waals surface area contributed by atoms with Crippen LogP contribution in [0.15, 0.2) is 23.3 Å². The number of hydrogen-bond donors (Lipinski definition) is 3. The van der Waals surface area contributed by atoms with Gasteiger partial charge in [0.25, 0.3) is 0 Å². The van der Waals surface area contributed by atoms with Gasteiger partial charge in [0.2, 0.25) is 0 Å². The van der Waals surface area contributed by atoms with E-state index < -0.39 is 23.9 Å². The number of carbonyl (C=O) groups is 3. The number of hydrogen-bond acceptors (Lipinski definition) is 7. The lowest BCUT2D eigenvalue weighted by Crippen LogP contribution is -2.25. The van der Waals surface area contributed by atoms with Gasteiger partial charge in [0.05, 0.1) is 13.0 Å². The highest BCUT2D eigenvalue weighted by Crippen LogP contribution is 2.42. The molecule has 192 valence electrons. The average Bonchev–Trinajstić information content (AvgIpc) is 3.20. The number of cyclic esters (lactones) is 1. The quantitative estimate of drug-likeness (QED) is 0.290. The summed E-state index contributed by atoms with van der Waals surface area (Å²) in [6.45, 7) is 8.09. The third-order valence-corrected chi connectivity index (χ3v) is 5.95. The molecule has 0 bridgehead atoms. The van der Waals surface area contributed by atoms with Crippen molar-refractivity contribution in [3.8, 4) is 11.5 Å². The van der Waals surface area contributed by atoms with E-state index in [4.69, 9.17) is 14.2 Å². The zero-order valence-electron chi connectivity index (χ0n) is 21.0. The summed E-state index contributed by atoms with van der Waals surface area (Å²) in [5.74, 6) is -1.83. The normalized spacial score (nSPS) is 14.3. The van der Waals surface area contributed by atoms with Crippen molar-refractivity contribution in [2.24, 2.45) is 5.92 Å². The Labute approximate surface area is 205 Å². The first-order chi connectivity index (χ1) is 16.6. The standard InChI is InChI=1S/C26H35NO8/c1-6-10-27-26(32)34-11-9-16(3)13-18(24(29)30)12-15(2)7-8-19-22(28)21-20(14-35-25(21)31)17(4)23(19)33-5/h7,9,18,28H,6,8,10-14H2,1-5H3,(H,27,32)(H,29,30)/b15-7+,16-9+. The van der Waals surface area contributed by atoms with Gasteiger partial charge in [-0.3, -0.25) is 4.79 Å². The lowest BCUT2D eigenvalue weighted by Gasteiger charge is -2.16. The highest BCUT2D eigenvalue weighted by molar-refractivity contribution is 5.98. The van der Waals surface area contributed by atoms with Gasteiger partial charge in [-0.25, -0.2) is 9.59 Å². The molecule has 0 fully saturated rings. The van der Waals surface area contributed by atoms with Gasteiger partial charge in [-0.05, 0) is 58.1 Å². The minimum Gasteiger partial charge on any atom is -0.507 e. The number of carbonyl (C=O) groups excluding carboxylic acids is 2. The molecule has 1 heterocycles. The Hall–Kier alpha value is -3.49. The maximum atomic E-state index is 12.1. The number of ether oxygens (including phenoxy) is 3. The number of phenols is 1. The van der Waals surface area contributed by atoms with E-state index in [0.29, 0.717) is 36.3 Å². The highest BCUT2D eigenvalue weighted by atomic mass is 16.5. The van der Waals surface area contributed by atoms with Gasteiger partial charge in [0.15, 0.2) is 0 Å². The Morgan fingerprint density at radius 3 is 2.46 bits per heavy atom. The van der Waals surface area contributed by atoms with Crippen LogP contribution in [-0.2, 0) is 27.3 Å². The minimum absolute atomic E-state index is 0.0712. The average molecular weight is 490 g/mol. The van der Waals surface area contributed by atoms with E-state index in [-0.39, 0.29) is 30.9 Å². The molecule has 1 aromatic rings. The van der Waals surface area contributed by atoms with Crippen LogP contribution in [0.4, 0.5) is 4.79 Å². The molecule has 0 radical (unpaired) electrons. The van der Waals surface area contributed by atoms with E-state index in [1.807, 2.05) is 26.8 Å². The number of carboxylic acids is 1. The highest BCUT2D eigenvalue weighted by Gasteiger charge is 2.32. The molecule has 35 heavy (non-hydrogen) atoms. The first-order valence-corrected chi connectivity index (χ1v) is 11.6. The van der Waals surface area contributed by atoms with Crippen LogP contribution in [0.25, 0.3) is 0 Å². The Bertz CT molecular complexity index is 1020. The van der Waals surface area contributed by atoms with Crippen molar-refractivity contribution < 1.29 is 38.8 Å². The number of allylic oxidation sites excluding steroid dienone is 3. The second-order valence-electron chi connectivity index (χ2n) is 8.69. The first kappa shape index (κ1) is 27.8. The number of alkyl carbamates (subject to hydrolysis) is 1. The van der Waals surface area contributed by atoms with Crippen LogP contribution in [0.1, 0.15) is 67.1 Å². The Kier molecular flexibility index (Phi) is 10.2. The number of rotatable bonds is 12. The molecule has 1 aliphatic heterocycles. The lowest BCUT2D eigenvalue weighted by atomic mass is 9.91. The van der Waals surface area contributed by atoms with E-state index in [0.717, 1.165) is 23.1 Å². The third-order valence-electron chi connectivity index (χ3n) is 5.95. The summed E-state index contributed by atoms with van der Waals surface area (Å²) in [6.07, 6.45) is 4.71. The number of amides is 1. The fourth-order valence-corrected chi connectivity index (χ4v) is 4.03. The molecular formula is C26H35NO8. The molecule has 0 spiro atoms. The van der Waals surface area contributed by atoms with E-state index in [2.05, 4.69) is 5.32 Å². The molecular weight excluding hydrogens is 454 g/mol. The monoisotopic (exact) mass is 489 g/mol. The van der Waals surface area contributed by atoms with Crippen molar-refractivity contribution in [2.75, 3.05) is 20.3 Å². The van der Waals surface area contributed by atoms with Crippen molar-refractivity contribution in [1.82, 2.24) is 5.32 Å². The number of methoxy groups -OCH3 is 1. The number of fused-ring (bicyclic) bond motifs is 1. The molecule has 9 heteroatoms. The fraction of sp³-hybridized carbons (Fsp3) is 0.500. The topological polar surface area (TPSA) is 131 Å². The third kappa shape index (κ3) is 7.24. The number of aromatic hydroxyl groups is 1. The molecule has 9 nitrogen and oxygen atoms in total. The van der Waals surface area contributed by atoms with Gasteiger partial charge < -0.3 is 29.7 Å². The number of esters is 1. The number of aliphatic carboxylic acids is 1. The van der Waals surface area contributed by atoms with Gasteiger partial charge >= 0.3 is 18.0 Å². The maximum Gasteiger partial charge on any atom is 0.407 e. The van der Waals surface area contributed by atoms with Crippen molar-refractivity contribution in [3.63, 3.8) is 0 Å². The summed E-state index contributed by atoms with van der Waals surface area (Å²) in [6, 6.07) is 0. The number of phenolic OH excluding ortho intramolecular Hbond substituents is 1. The molecule has 0 aliphatic carbocycles. The molecule has 3 N–H and O–H groups in total. The molecule has 1 aromatic carbocycles. The Balaban J connectivity index is 2.08. The summed E-state index contributed by atoms with van der Waals surface area (Å²) < 4.78 is 15.6. The van der Waals surface area contributed by atoms with Gasteiger partial charge in [-0.1, -0.05) is 24.1 Å². The zero-order valence-corrected chi connectivity index (χ0v) is 21.0. The van der Waals surface area contributed by atoms with Crippen LogP contribution in [-0.4, -0.2) is 48.5 Å². The van der Waals surface area contributed by atoms with E-state index in [1.54, 1.807) is 13.0 Å². The minimum atomic E-state index is -0.927. The van der Waals surface area contributed by atoms with Crippen LogP contribution >= 0.6 is 0 Å². The van der Waals surface area contributed by atoms with E-state index in [9.17, 15) is 24.6 Å². The molecule has 0 saturated carbocycles. The van der Waals surface area contributed by atoms with Gasteiger partial charge in [-0.2, -0.15) is 0 Å². The predicted molar refractivity (Wildman–Crippen MR) is 130 cm³/mol. The lowest BCUT2D eigenvalue weighted by molar-refractivity contribution is -0.141. The zero-order chi connectivity index (χ0) is 26.1. The second kappa shape index (κ2) is 12.8. The van der Waals surface area contributed by atoms with Crippen LogP contribution in [0, 0.1) is 12.8 Å². The van der Waals surface area contributed by atoms with Crippen molar-refractivity contribution >= 4 is 18.0 Å². The summed E-state index contributed by atoms with van der Waals surface area (Å²) in [7, 11) is 1.50. The van der Waals surface area contributed by atoms with Gasteiger partial charge in [0.1, 0.15) is 30.3 Å². The smallest absolute Gasteiger partial charge is 0.407 e. The Morgan fingerprint density at radius 2 is 1.86 bits per heavy atom. The van der Waals surface area contributed by atoms with Crippen molar-refractivity contribution in [1.29, 1.82) is 0 Å². The Morgan fingerprint density at radius 1 is 1.20 bits per heavy atom. The number of carboxylic acid groups (broad SMARTS) is 1. The van der Waals surface area contributed by atoms with Crippen molar-refractivity contribution in [3.05, 3.63) is 45.6 Å². The summed E-state index contributed by atoms with van der Waals surface area (Å²) in [5.41, 5.74) is 3.61. The van der Waals surface area contributed by atoms with Crippen LogP contribution in [0.5, 0.6) is 11.5 Å². The molecule has 1 unspecified atom stereocenters. The molecule has 0 aromatic heterocycles. The summed E-state index contributed by atoms with van der Waals surface area (Å²) in [4.78, 5) is 35.4. The number of benzene rings is 1. The summed E-state index contributed by atoms with van der Waals surface area (Å²) in [5, 5.41) is 23.0. The van der Waals surface area contributed by atoms with Crippen LogP contribution in [0.2, 0.25) is 0 Å². The summed E-state index contributed by atoms with van der Waals surface area (Å²) >= 11 is 0. The predicted octanol–water partition coefficient (Wildman–Crippen LogP) is 4.43. The fourth-order valence-electron chi connectivity index (χ4n) is 4.03. The largest absolute Gasteiger partial charge is 0.507 e. The SMILES string of the molecule is CCCNC(=O)OC/C=C(\C)CC(C/C(C)=C/Cc1c(O)c2c(c(C)c1OC)COC2=O)C(=O)O. The maximum absolute atomic E-state index is 12.1. The number of nitrogens with one attached hydrogen (secondary N) is 1. The van der Waals surface area contributed by atoms with E-state index >= 15 is 0 Å². The molecule has 1 atom stereocenters. The van der Waals surface area contributed by atoms with Crippen LogP contribution in [0.3, 0.4) is 0 Å². The van der Waals surface area contributed by atoms with Crippen molar-refractivity contribution in [2.45, 2.75) is 60.0 Å². The second-order valence-corrected chi connectivity index (χ2v) is 8.69. The molecule has 1 amide bonds.